The number of nitrogens with zero attached hydrogens (tertiary/aromatic N) is 3. The van der Waals surface area contributed by atoms with Gasteiger partial charge in [-0.3, -0.25) is 4.79 Å². The van der Waals surface area contributed by atoms with Gasteiger partial charge in [0.25, 0.3) is 5.91 Å². The van der Waals surface area contributed by atoms with Gasteiger partial charge < -0.3 is 9.73 Å². The van der Waals surface area contributed by atoms with E-state index < -0.39 is 15.9 Å². The van der Waals surface area contributed by atoms with Crippen LogP contribution in [0.15, 0.2) is 64.2 Å². The predicted molar refractivity (Wildman–Crippen MR) is 102 cm³/mol. The predicted octanol–water partition coefficient (Wildman–Crippen LogP) is 2.56. The molecule has 9 heteroatoms. The van der Waals surface area contributed by atoms with Crippen LogP contribution in [0.1, 0.15) is 29.0 Å². The highest BCUT2D eigenvalue weighted by atomic mass is 32.2. The number of amides is 1. The molecule has 1 fully saturated rings. The number of hydrogen-bond donors (Lipinski definition) is 1. The molecular formula is C19H20N4O4S. The average Bonchev–Trinajstić information content (AvgIpc) is 3.46. The lowest BCUT2D eigenvalue weighted by Crippen LogP contribution is -2.28. The fraction of sp³-hybridized carbons (Fsp3) is 0.263. The Balaban J connectivity index is 1.53. The zero-order valence-electron chi connectivity index (χ0n) is 15.1. The third-order valence-electron chi connectivity index (χ3n) is 4.64. The van der Waals surface area contributed by atoms with Gasteiger partial charge in [-0.2, -0.15) is 9.40 Å². The summed E-state index contributed by atoms with van der Waals surface area (Å²) in [4.78, 5) is 12.8. The molecule has 0 atom stereocenters. The number of furan rings is 1. The normalized spacial score (nSPS) is 15.0. The fourth-order valence-electron chi connectivity index (χ4n) is 3.18. The van der Waals surface area contributed by atoms with Crippen LogP contribution in [0.25, 0.3) is 0 Å². The molecule has 0 saturated carbocycles. The summed E-state index contributed by atoms with van der Waals surface area (Å²) in [6.45, 7) is 1.41. The number of anilines is 1. The number of carbonyl (C=O) groups excluding carboxylic acids is 1. The minimum Gasteiger partial charge on any atom is -0.467 e. The van der Waals surface area contributed by atoms with Gasteiger partial charge in [0.05, 0.1) is 17.4 Å². The Kier molecular flexibility index (Phi) is 5.01. The summed E-state index contributed by atoms with van der Waals surface area (Å²) in [6, 6.07) is 11.4. The molecule has 28 heavy (non-hydrogen) atoms. The summed E-state index contributed by atoms with van der Waals surface area (Å²) in [5.41, 5.74) is 0.269. The maximum absolute atomic E-state index is 12.7. The van der Waals surface area contributed by atoms with E-state index in [4.69, 9.17) is 4.42 Å². The maximum atomic E-state index is 12.7. The molecule has 1 aromatic carbocycles. The second-order valence-electron chi connectivity index (χ2n) is 6.55. The van der Waals surface area contributed by atoms with Gasteiger partial charge in [-0.25, -0.2) is 13.1 Å². The van der Waals surface area contributed by atoms with Crippen LogP contribution in [0.3, 0.4) is 0 Å². The standard InChI is InChI=1S/C19H20N4O4S/c24-19(21-18-8-9-20-23(18)14-16-6-4-12-27-16)15-5-3-7-17(13-15)28(25,26)22-10-1-2-11-22/h3-9,12-13H,1-2,10-11,14H2,(H,21,24). The lowest BCUT2D eigenvalue weighted by Gasteiger charge is -2.16. The SMILES string of the molecule is O=C(Nc1ccnn1Cc1ccco1)c1cccc(S(=O)(=O)N2CCCC2)c1. The van der Waals surface area contributed by atoms with E-state index in [1.165, 1.54) is 16.4 Å². The topological polar surface area (TPSA) is 97.4 Å². The Bertz CT molecular complexity index is 1070. The van der Waals surface area contributed by atoms with E-state index in [0.29, 0.717) is 31.2 Å². The highest BCUT2D eigenvalue weighted by Gasteiger charge is 2.27. The maximum Gasteiger partial charge on any atom is 0.256 e. The van der Waals surface area contributed by atoms with E-state index in [9.17, 15) is 13.2 Å². The number of benzene rings is 1. The number of rotatable bonds is 6. The Morgan fingerprint density at radius 1 is 1.14 bits per heavy atom. The molecule has 1 aliphatic heterocycles. The van der Waals surface area contributed by atoms with Crippen molar-refractivity contribution in [3.05, 3.63) is 66.2 Å². The second kappa shape index (κ2) is 7.61. The number of hydrogen-bond acceptors (Lipinski definition) is 5. The van der Waals surface area contributed by atoms with Crippen LogP contribution in [0.2, 0.25) is 0 Å². The summed E-state index contributed by atoms with van der Waals surface area (Å²) in [6.07, 6.45) is 4.87. The Labute approximate surface area is 162 Å². The number of nitrogens with one attached hydrogen (secondary N) is 1. The van der Waals surface area contributed by atoms with Gasteiger partial charge in [0.1, 0.15) is 18.1 Å². The van der Waals surface area contributed by atoms with E-state index in [1.807, 2.05) is 6.07 Å². The van der Waals surface area contributed by atoms with Crippen LogP contribution < -0.4 is 5.32 Å². The zero-order valence-corrected chi connectivity index (χ0v) is 15.9. The molecule has 146 valence electrons. The van der Waals surface area contributed by atoms with Gasteiger partial charge in [0, 0.05) is 24.7 Å². The Hall–Kier alpha value is -2.91. The molecule has 0 unspecified atom stereocenters. The van der Waals surface area contributed by atoms with Gasteiger partial charge in [-0.1, -0.05) is 6.07 Å². The van der Waals surface area contributed by atoms with E-state index in [1.54, 1.807) is 41.4 Å². The summed E-state index contributed by atoms with van der Waals surface area (Å²) in [5.74, 6) is 0.798. The van der Waals surface area contributed by atoms with Crippen LogP contribution in [0.4, 0.5) is 5.82 Å². The van der Waals surface area contributed by atoms with Crippen molar-refractivity contribution in [1.29, 1.82) is 0 Å². The minimum absolute atomic E-state index is 0.131. The molecule has 8 nitrogen and oxygen atoms in total. The molecule has 3 heterocycles. The van der Waals surface area contributed by atoms with E-state index in [0.717, 1.165) is 12.8 Å². The van der Waals surface area contributed by atoms with Gasteiger partial charge in [-0.05, 0) is 43.2 Å². The van der Waals surface area contributed by atoms with Gasteiger partial charge >= 0.3 is 0 Å². The number of sulfonamides is 1. The zero-order chi connectivity index (χ0) is 19.6. The third kappa shape index (κ3) is 3.71. The first kappa shape index (κ1) is 18.5. The van der Waals surface area contributed by atoms with Gasteiger partial charge in [0.2, 0.25) is 10.0 Å². The van der Waals surface area contributed by atoms with Crippen molar-refractivity contribution in [2.24, 2.45) is 0 Å². The molecule has 0 spiro atoms. The highest BCUT2D eigenvalue weighted by molar-refractivity contribution is 7.89. The van der Waals surface area contributed by atoms with Crippen molar-refractivity contribution in [3.63, 3.8) is 0 Å². The minimum atomic E-state index is -3.58. The van der Waals surface area contributed by atoms with Crippen molar-refractivity contribution in [3.8, 4) is 0 Å². The quantitative estimate of drug-likeness (QED) is 0.686. The highest BCUT2D eigenvalue weighted by Crippen LogP contribution is 2.22. The van der Waals surface area contributed by atoms with Crippen LogP contribution >= 0.6 is 0 Å². The van der Waals surface area contributed by atoms with Crippen LogP contribution in [0.5, 0.6) is 0 Å². The summed E-state index contributed by atoms with van der Waals surface area (Å²) >= 11 is 0. The average molecular weight is 400 g/mol. The first-order valence-corrected chi connectivity index (χ1v) is 10.4. The van der Waals surface area contributed by atoms with E-state index in [2.05, 4.69) is 10.4 Å². The summed E-state index contributed by atoms with van der Waals surface area (Å²) in [5, 5.41) is 6.97. The molecule has 1 amide bonds. The first-order valence-electron chi connectivity index (χ1n) is 9.00. The lowest BCUT2D eigenvalue weighted by molar-refractivity contribution is 0.102. The summed E-state index contributed by atoms with van der Waals surface area (Å²) < 4.78 is 33.8. The van der Waals surface area contributed by atoms with Crippen LogP contribution in [-0.4, -0.2) is 41.5 Å². The molecule has 4 rings (SSSR count). The molecule has 0 radical (unpaired) electrons. The van der Waals surface area contributed by atoms with Gasteiger partial charge in [-0.15, -0.1) is 0 Å². The first-order chi connectivity index (χ1) is 13.5. The number of aromatic nitrogens is 2. The molecule has 2 aromatic heterocycles. The van der Waals surface area contributed by atoms with Gasteiger partial charge in [0.15, 0.2) is 0 Å². The van der Waals surface area contributed by atoms with Crippen LogP contribution in [0, 0.1) is 0 Å². The smallest absolute Gasteiger partial charge is 0.256 e. The Morgan fingerprint density at radius 3 is 2.71 bits per heavy atom. The molecule has 1 N–H and O–H groups in total. The molecule has 0 bridgehead atoms. The number of carbonyl (C=O) groups is 1. The molecule has 1 aliphatic rings. The van der Waals surface area contributed by atoms with Crippen molar-refractivity contribution in [2.75, 3.05) is 18.4 Å². The Morgan fingerprint density at radius 2 is 1.96 bits per heavy atom. The van der Waals surface area contributed by atoms with Crippen molar-refractivity contribution < 1.29 is 17.6 Å². The largest absolute Gasteiger partial charge is 0.467 e. The molecule has 1 saturated heterocycles. The van der Waals surface area contributed by atoms with Crippen molar-refractivity contribution in [1.82, 2.24) is 14.1 Å². The van der Waals surface area contributed by atoms with E-state index in [-0.39, 0.29) is 10.5 Å². The van der Waals surface area contributed by atoms with E-state index >= 15 is 0 Å². The summed E-state index contributed by atoms with van der Waals surface area (Å²) in [7, 11) is -3.58. The fourth-order valence-corrected chi connectivity index (χ4v) is 4.74. The van der Waals surface area contributed by atoms with Crippen molar-refractivity contribution >= 4 is 21.7 Å². The molecular weight excluding hydrogens is 380 g/mol. The van der Waals surface area contributed by atoms with Crippen molar-refractivity contribution in [2.45, 2.75) is 24.3 Å². The molecule has 0 aliphatic carbocycles. The monoisotopic (exact) mass is 400 g/mol. The lowest BCUT2D eigenvalue weighted by atomic mass is 10.2. The second-order valence-corrected chi connectivity index (χ2v) is 8.48. The third-order valence-corrected chi connectivity index (χ3v) is 6.54. The molecule has 3 aromatic rings. The van der Waals surface area contributed by atoms with Crippen LogP contribution in [-0.2, 0) is 16.6 Å².